The zero-order valence-electron chi connectivity index (χ0n) is 23.3. The molecule has 0 aliphatic heterocycles. The Labute approximate surface area is 259 Å². The third kappa shape index (κ3) is 7.92. The summed E-state index contributed by atoms with van der Waals surface area (Å²) < 4.78 is 0. The van der Waals surface area contributed by atoms with Crippen molar-refractivity contribution in [3.8, 4) is 0 Å². The maximum Gasteiger partial charge on any atom is 0.272 e. The molecule has 0 saturated carbocycles. The monoisotopic (exact) mass is 605 g/mol. The average Bonchev–Trinajstić information content (AvgIpc) is 3.02. The van der Waals surface area contributed by atoms with Crippen molar-refractivity contribution < 1.29 is 14.4 Å². The Morgan fingerprint density at radius 1 is 0.791 bits per heavy atom. The summed E-state index contributed by atoms with van der Waals surface area (Å²) >= 11 is 7.40. The first-order valence-electron chi connectivity index (χ1n) is 13.5. The largest absolute Gasteiger partial charge is 0.325 e. The number of fused-ring (bicyclic) bond motifs is 1. The van der Waals surface area contributed by atoms with Gasteiger partial charge < -0.3 is 16.0 Å². The summed E-state index contributed by atoms with van der Waals surface area (Å²) in [5, 5.41) is 11.1. The van der Waals surface area contributed by atoms with Gasteiger partial charge in [-0.3, -0.25) is 14.4 Å². The molecule has 0 saturated heterocycles. The Morgan fingerprint density at radius 2 is 1.53 bits per heavy atom. The predicted molar refractivity (Wildman–Crippen MR) is 176 cm³/mol. The highest BCUT2D eigenvalue weighted by Gasteiger charge is 2.16. The van der Waals surface area contributed by atoms with E-state index in [1.807, 2.05) is 67.6 Å². The molecule has 0 fully saturated rings. The van der Waals surface area contributed by atoms with Crippen molar-refractivity contribution in [3.63, 3.8) is 0 Å². The van der Waals surface area contributed by atoms with Crippen LogP contribution in [-0.2, 0) is 9.59 Å². The van der Waals surface area contributed by atoms with Crippen LogP contribution in [-0.4, -0.2) is 23.5 Å². The minimum atomic E-state index is -0.478. The van der Waals surface area contributed by atoms with Crippen molar-refractivity contribution in [2.45, 2.75) is 11.8 Å². The van der Waals surface area contributed by atoms with Crippen molar-refractivity contribution in [2.24, 2.45) is 0 Å². The number of halogens is 1. The minimum Gasteiger partial charge on any atom is -0.325 e. The number of nitrogens with one attached hydrogen (secondary N) is 3. The molecule has 0 spiro atoms. The van der Waals surface area contributed by atoms with Crippen LogP contribution >= 0.6 is 23.4 Å². The molecule has 5 rings (SSSR count). The van der Waals surface area contributed by atoms with Gasteiger partial charge in [0.25, 0.3) is 11.8 Å². The fraction of sp³-hybridized carbons (Fsp3) is 0.0571. The van der Waals surface area contributed by atoms with E-state index in [4.69, 9.17) is 11.6 Å². The zero-order valence-corrected chi connectivity index (χ0v) is 24.8. The Bertz CT molecular complexity index is 1830. The van der Waals surface area contributed by atoms with E-state index in [0.29, 0.717) is 22.0 Å². The van der Waals surface area contributed by atoms with Gasteiger partial charge >= 0.3 is 0 Å². The molecule has 0 unspecified atom stereocenters. The number of anilines is 2. The van der Waals surface area contributed by atoms with Crippen molar-refractivity contribution >= 4 is 69.3 Å². The lowest BCUT2D eigenvalue weighted by Crippen LogP contribution is -2.30. The molecule has 0 atom stereocenters. The molecule has 3 amide bonds. The third-order valence-corrected chi connectivity index (χ3v) is 7.82. The average molecular weight is 606 g/mol. The Kier molecular flexibility index (Phi) is 9.56. The van der Waals surface area contributed by atoms with Crippen LogP contribution in [0.4, 0.5) is 11.4 Å². The van der Waals surface area contributed by atoms with E-state index >= 15 is 0 Å². The first-order chi connectivity index (χ1) is 20.9. The number of rotatable bonds is 9. The Morgan fingerprint density at radius 3 is 2.37 bits per heavy atom. The number of carbonyl (C=O) groups excluding carboxylic acids is 3. The van der Waals surface area contributed by atoms with Gasteiger partial charge in [-0.15, -0.1) is 11.8 Å². The molecule has 43 heavy (non-hydrogen) atoms. The highest BCUT2D eigenvalue weighted by molar-refractivity contribution is 8.00. The molecular formula is C35H28ClN3O3S. The minimum absolute atomic E-state index is 0.0968. The SMILES string of the molecule is Cc1ccc(Cl)cc1NC(=O)CSc1cccc(NC(=O)/C(=C\c2cccc3ccccc23)NC(=O)c2ccccc2)c1. The second-order valence-corrected chi connectivity index (χ2v) is 11.2. The lowest BCUT2D eigenvalue weighted by molar-refractivity contribution is -0.114. The molecule has 0 aliphatic carbocycles. The maximum absolute atomic E-state index is 13.6. The fourth-order valence-corrected chi connectivity index (χ4v) is 5.33. The van der Waals surface area contributed by atoms with Crippen molar-refractivity contribution in [1.82, 2.24) is 5.32 Å². The van der Waals surface area contributed by atoms with E-state index < -0.39 is 11.8 Å². The second-order valence-electron chi connectivity index (χ2n) is 9.72. The lowest BCUT2D eigenvalue weighted by atomic mass is 10.0. The van der Waals surface area contributed by atoms with Crippen LogP contribution in [0.5, 0.6) is 0 Å². The molecule has 0 aliphatic rings. The normalized spacial score (nSPS) is 11.2. The van der Waals surface area contributed by atoms with Gasteiger partial charge in [-0.1, -0.05) is 84.4 Å². The summed E-state index contributed by atoms with van der Waals surface area (Å²) in [5.74, 6) is -0.877. The molecule has 3 N–H and O–H groups in total. The van der Waals surface area contributed by atoms with E-state index in [0.717, 1.165) is 26.8 Å². The third-order valence-electron chi connectivity index (χ3n) is 6.59. The molecule has 5 aromatic rings. The first kappa shape index (κ1) is 29.6. The van der Waals surface area contributed by atoms with Crippen molar-refractivity contribution in [1.29, 1.82) is 0 Å². The fourth-order valence-electron chi connectivity index (χ4n) is 4.40. The summed E-state index contributed by atoms with van der Waals surface area (Å²) in [4.78, 5) is 40.0. The Hall–Kier alpha value is -4.85. The lowest BCUT2D eigenvalue weighted by Gasteiger charge is -2.13. The molecule has 5 aromatic carbocycles. The number of hydrogen-bond donors (Lipinski definition) is 3. The topological polar surface area (TPSA) is 87.3 Å². The van der Waals surface area contributed by atoms with Gasteiger partial charge in [-0.2, -0.15) is 0 Å². The summed E-state index contributed by atoms with van der Waals surface area (Å²) in [7, 11) is 0. The van der Waals surface area contributed by atoms with Crippen molar-refractivity contribution in [3.05, 3.63) is 143 Å². The standard InChI is InChI=1S/C35H28ClN3O3S/c1-23-17-18-27(36)20-31(23)38-33(40)22-43-29-15-8-14-28(21-29)37-35(42)32(39-34(41)25-10-3-2-4-11-25)19-26-13-7-12-24-9-5-6-16-30(24)26/h2-21H,22H2,1H3,(H,37,42)(H,38,40)(H,39,41)/b32-19+. The van der Waals surface area contributed by atoms with E-state index in [1.165, 1.54) is 11.8 Å². The number of carbonyl (C=O) groups is 3. The molecule has 0 aromatic heterocycles. The smallest absolute Gasteiger partial charge is 0.272 e. The highest BCUT2D eigenvalue weighted by atomic mass is 35.5. The molecule has 6 nitrogen and oxygen atoms in total. The maximum atomic E-state index is 13.6. The summed E-state index contributed by atoms with van der Waals surface area (Å²) in [6.07, 6.45) is 1.68. The van der Waals surface area contributed by atoms with Gasteiger partial charge in [0.2, 0.25) is 5.91 Å². The molecule has 8 heteroatoms. The van der Waals surface area contributed by atoms with Crippen LogP contribution in [0, 0.1) is 6.92 Å². The summed E-state index contributed by atoms with van der Waals surface area (Å²) in [6, 6.07) is 34.9. The number of amides is 3. The van der Waals surface area contributed by atoms with Gasteiger partial charge in [0.05, 0.1) is 5.75 Å². The number of aryl methyl sites for hydroxylation is 1. The molecular weight excluding hydrogens is 578 g/mol. The predicted octanol–water partition coefficient (Wildman–Crippen LogP) is 7.94. The molecule has 0 bridgehead atoms. The molecule has 0 heterocycles. The van der Waals surface area contributed by atoms with E-state index in [-0.39, 0.29) is 17.4 Å². The van der Waals surface area contributed by atoms with Gasteiger partial charge in [0.15, 0.2) is 0 Å². The van der Waals surface area contributed by atoms with Gasteiger partial charge in [-0.25, -0.2) is 0 Å². The zero-order chi connectivity index (χ0) is 30.2. The highest BCUT2D eigenvalue weighted by Crippen LogP contribution is 2.25. The van der Waals surface area contributed by atoms with Crippen LogP contribution in [0.25, 0.3) is 16.8 Å². The first-order valence-corrected chi connectivity index (χ1v) is 14.9. The summed E-state index contributed by atoms with van der Waals surface area (Å²) in [6.45, 7) is 1.90. The van der Waals surface area contributed by atoms with Crippen LogP contribution in [0.3, 0.4) is 0 Å². The number of benzene rings is 5. The Balaban J connectivity index is 1.33. The second kappa shape index (κ2) is 13.9. The van der Waals surface area contributed by atoms with Crippen LogP contribution in [0.2, 0.25) is 5.02 Å². The van der Waals surface area contributed by atoms with Crippen molar-refractivity contribution in [2.75, 3.05) is 16.4 Å². The quantitative estimate of drug-likeness (QED) is 0.118. The van der Waals surface area contributed by atoms with Crippen LogP contribution < -0.4 is 16.0 Å². The van der Waals surface area contributed by atoms with E-state index in [1.54, 1.807) is 60.7 Å². The molecule has 0 radical (unpaired) electrons. The van der Waals surface area contributed by atoms with E-state index in [9.17, 15) is 14.4 Å². The van der Waals surface area contributed by atoms with E-state index in [2.05, 4.69) is 16.0 Å². The van der Waals surface area contributed by atoms with Crippen LogP contribution in [0.1, 0.15) is 21.5 Å². The summed E-state index contributed by atoms with van der Waals surface area (Å²) in [5.41, 5.74) is 3.44. The van der Waals surface area contributed by atoms with Gasteiger partial charge in [-0.05, 0) is 77.4 Å². The molecule has 214 valence electrons. The number of thioether (sulfide) groups is 1. The number of hydrogen-bond acceptors (Lipinski definition) is 4. The van der Waals surface area contributed by atoms with Gasteiger partial charge in [0, 0.05) is 26.9 Å². The van der Waals surface area contributed by atoms with Crippen LogP contribution in [0.15, 0.2) is 126 Å². The van der Waals surface area contributed by atoms with Gasteiger partial charge in [0.1, 0.15) is 5.70 Å².